The SMILES string of the molecule is CCOC(=O)CCCNCc1cccc(OC(C)C)c1. The Morgan fingerprint density at radius 1 is 1.35 bits per heavy atom. The molecule has 4 nitrogen and oxygen atoms in total. The minimum Gasteiger partial charge on any atom is -0.491 e. The third-order valence-electron chi connectivity index (χ3n) is 2.64. The van der Waals surface area contributed by atoms with E-state index in [1.165, 1.54) is 5.56 Å². The standard InChI is InChI=1S/C16H25NO3/c1-4-19-16(18)9-6-10-17-12-14-7-5-8-15(11-14)20-13(2)3/h5,7-8,11,13,17H,4,6,9-10,12H2,1-3H3. The molecule has 0 amide bonds. The molecule has 0 heterocycles. The lowest BCUT2D eigenvalue weighted by Gasteiger charge is -2.11. The third kappa shape index (κ3) is 7.14. The molecule has 112 valence electrons. The van der Waals surface area contributed by atoms with Gasteiger partial charge in [0.15, 0.2) is 0 Å². The Morgan fingerprint density at radius 2 is 2.15 bits per heavy atom. The van der Waals surface area contributed by atoms with Crippen molar-refractivity contribution in [3.05, 3.63) is 29.8 Å². The van der Waals surface area contributed by atoms with E-state index >= 15 is 0 Å². The minimum atomic E-state index is -0.123. The van der Waals surface area contributed by atoms with Gasteiger partial charge in [0.05, 0.1) is 12.7 Å². The van der Waals surface area contributed by atoms with E-state index in [1.807, 2.05) is 39.0 Å². The van der Waals surface area contributed by atoms with Crippen LogP contribution >= 0.6 is 0 Å². The van der Waals surface area contributed by atoms with Crippen molar-refractivity contribution in [3.8, 4) is 5.75 Å². The first-order valence-electron chi connectivity index (χ1n) is 7.23. The van der Waals surface area contributed by atoms with Crippen LogP contribution in [-0.4, -0.2) is 25.2 Å². The maximum absolute atomic E-state index is 11.2. The second kappa shape index (κ2) is 9.37. The van der Waals surface area contributed by atoms with Gasteiger partial charge in [-0.15, -0.1) is 0 Å². The molecule has 0 aliphatic heterocycles. The van der Waals surface area contributed by atoms with Crippen LogP contribution < -0.4 is 10.1 Å². The van der Waals surface area contributed by atoms with Crippen LogP contribution in [0.1, 0.15) is 39.2 Å². The van der Waals surface area contributed by atoms with Crippen LogP contribution in [0.25, 0.3) is 0 Å². The van der Waals surface area contributed by atoms with Crippen LogP contribution in [0.15, 0.2) is 24.3 Å². The maximum atomic E-state index is 11.2. The average molecular weight is 279 g/mol. The van der Waals surface area contributed by atoms with Gasteiger partial charge in [0.2, 0.25) is 0 Å². The zero-order valence-corrected chi connectivity index (χ0v) is 12.6. The van der Waals surface area contributed by atoms with Crippen molar-refractivity contribution in [2.24, 2.45) is 0 Å². The van der Waals surface area contributed by atoms with Gasteiger partial charge in [-0.05, 0) is 51.4 Å². The van der Waals surface area contributed by atoms with Crippen LogP contribution in [0.4, 0.5) is 0 Å². The zero-order valence-electron chi connectivity index (χ0n) is 12.6. The van der Waals surface area contributed by atoms with E-state index in [-0.39, 0.29) is 12.1 Å². The predicted molar refractivity (Wildman–Crippen MR) is 79.8 cm³/mol. The zero-order chi connectivity index (χ0) is 14.8. The molecule has 20 heavy (non-hydrogen) atoms. The molecule has 0 saturated heterocycles. The van der Waals surface area contributed by atoms with Crippen molar-refractivity contribution in [1.29, 1.82) is 0 Å². The van der Waals surface area contributed by atoms with Crippen LogP contribution in [0.2, 0.25) is 0 Å². The first-order valence-corrected chi connectivity index (χ1v) is 7.23. The summed E-state index contributed by atoms with van der Waals surface area (Å²) in [4.78, 5) is 11.2. The summed E-state index contributed by atoms with van der Waals surface area (Å²) in [5.74, 6) is 0.771. The topological polar surface area (TPSA) is 47.6 Å². The minimum absolute atomic E-state index is 0.123. The van der Waals surface area contributed by atoms with Gasteiger partial charge in [-0.25, -0.2) is 0 Å². The van der Waals surface area contributed by atoms with E-state index in [1.54, 1.807) is 0 Å². The van der Waals surface area contributed by atoms with Gasteiger partial charge in [-0.1, -0.05) is 12.1 Å². The van der Waals surface area contributed by atoms with Crippen LogP contribution in [0.3, 0.4) is 0 Å². The summed E-state index contributed by atoms with van der Waals surface area (Å²) in [6, 6.07) is 8.06. The smallest absolute Gasteiger partial charge is 0.305 e. The Bertz CT molecular complexity index is 404. The molecule has 1 rings (SSSR count). The molecule has 0 unspecified atom stereocenters. The summed E-state index contributed by atoms with van der Waals surface area (Å²) < 4.78 is 10.5. The van der Waals surface area contributed by atoms with E-state index in [4.69, 9.17) is 9.47 Å². The maximum Gasteiger partial charge on any atom is 0.305 e. The summed E-state index contributed by atoms with van der Waals surface area (Å²) in [6.07, 6.45) is 1.45. The Balaban J connectivity index is 2.23. The molecule has 0 fully saturated rings. The number of carbonyl (C=O) groups excluding carboxylic acids is 1. The van der Waals surface area contributed by atoms with Crippen molar-refractivity contribution in [1.82, 2.24) is 5.32 Å². The molecule has 0 radical (unpaired) electrons. The fourth-order valence-electron chi connectivity index (χ4n) is 1.82. The highest BCUT2D eigenvalue weighted by molar-refractivity contribution is 5.69. The van der Waals surface area contributed by atoms with Gasteiger partial charge in [0.1, 0.15) is 5.75 Å². The first kappa shape index (κ1) is 16.5. The molecule has 0 atom stereocenters. The first-order chi connectivity index (χ1) is 9.61. The molecule has 1 aromatic rings. The Morgan fingerprint density at radius 3 is 2.85 bits per heavy atom. The van der Waals surface area contributed by atoms with E-state index in [9.17, 15) is 4.79 Å². The summed E-state index contributed by atoms with van der Waals surface area (Å²) in [5.41, 5.74) is 1.18. The van der Waals surface area contributed by atoms with E-state index in [0.717, 1.165) is 25.3 Å². The average Bonchev–Trinajstić information content (AvgIpc) is 2.38. The van der Waals surface area contributed by atoms with Gasteiger partial charge in [0.25, 0.3) is 0 Å². The fraction of sp³-hybridized carbons (Fsp3) is 0.562. The molecule has 0 aliphatic rings. The summed E-state index contributed by atoms with van der Waals surface area (Å²) in [7, 11) is 0. The molecule has 1 aromatic carbocycles. The highest BCUT2D eigenvalue weighted by Crippen LogP contribution is 2.14. The predicted octanol–water partition coefficient (Wildman–Crippen LogP) is 2.91. The summed E-state index contributed by atoms with van der Waals surface area (Å²) in [5, 5.41) is 3.32. The molecule has 0 saturated carbocycles. The number of rotatable bonds is 9. The molecule has 0 spiro atoms. The van der Waals surface area contributed by atoms with Crippen molar-refractivity contribution in [3.63, 3.8) is 0 Å². The Labute approximate surface area is 121 Å². The molecule has 0 aliphatic carbocycles. The number of esters is 1. The van der Waals surface area contributed by atoms with Gasteiger partial charge in [-0.3, -0.25) is 4.79 Å². The van der Waals surface area contributed by atoms with Crippen molar-refractivity contribution >= 4 is 5.97 Å². The highest BCUT2D eigenvalue weighted by atomic mass is 16.5. The lowest BCUT2D eigenvalue weighted by molar-refractivity contribution is -0.143. The van der Waals surface area contributed by atoms with E-state index < -0.39 is 0 Å². The second-order valence-corrected chi connectivity index (χ2v) is 4.90. The van der Waals surface area contributed by atoms with E-state index in [2.05, 4.69) is 11.4 Å². The Kier molecular flexibility index (Phi) is 7.73. The third-order valence-corrected chi connectivity index (χ3v) is 2.64. The number of benzene rings is 1. The fourth-order valence-corrected chi connectivity index (χ4v) is 1.82. The lowest BCUT2D eigenvalue weighted by atomic mass is 10.2. The number of nitrogens with one attached hydrogen (secondary N) is 1. The molecular formula is C16H25NO3. The van der Waals surface area contributed by atoms with Gasteiger partial charge < -0.3 is 14.8 Å². The van der Waals surface area contributed by atoms with Gasteiger partial charge >= 0.3 is 5.97 Å². The number of carbonyl (C=O) groups is 1. The molecule has 0 aromatic heterocycles. The quantitative estimate of drug-likeness (QED) is 0.558. The monoisotopic (exact) mass is 279 g/mol. The van der Waals surface area contributed by atoms with Crippen LogP contribution in [0.5, 0.6) is 5.75 Å². The van der Waals surface area contributed by atoms with E-state index in [0.29, 0.717) is 13.0 Å². The normalized spacial score (nSPS) is 10.6. The Hall–Kier alpha value is -1.55. The van der Waals surface area contributed by atoms with Crippen molar-refractivity contribution in [2.75, 3.05) is 13.2 Å². The molecule has 0 bridgehead atoms. The van der Waals surface area contributed by atoms with Gasteiger partial charge in [0, 0.05) is 13.0 Å². The van der Waals surface area contributed by atoms with Crippen LogP contribution in [0, 0.1) is 0 Å². The summed E-state index contributed by atoms with van der Waals surface area (Å²) in [6.45, 7) is 7.88. The van der Waals surface area contributed by atoms with Crippen LogP contribution in [-0.2, 0) is 16.1 Å². The lowest BCUT2D eigenvalue weighted by Crippen LogP contribution is -2.16. The molecule has 4 heteroatoms. The number of hydrogen-bond acceptors (Lipinski definition) is 4. The van der Waals surface area contributed by atoms with Crippen molar-refractivity contribution < 1.29 is 14.3 Å². The van der Waals surface area contributed by atoms with Gasteiger partial charge in [-0.2, -0.15) is 0 Å². The summed E-state index contributed by atoms with van der Waals surface area (Å²) >= 11 is 0. The second-order valence-electron chi connectivity index (χ2n) is 4.90. The number of ether oxygens (including phenoxy) is 2. The molecular weight excluding hydrogens is 254 g/mol. The van der Waals surface area contributed by atoms with Crippen molar-refractivity contribution in [2.45, 2.75) is 46.3 Å². The largest absolute Gasteiger partial charge is 0.491 e. The molecule has 1 N–H and O–H groups in total. The highest BCUT2D eigenvalue weighted by Gasteiger charge is 2.02. The number of hydrogen-bond donors (Lipinski definition) is 1.